The van der Waals surface area contributed by atoms with Crippen LogP contribution in [0.3, 0.4) is 0 Å². The molecule has 6 nitrogen and oxygen atoms in total. The second kappa shape index (κ2) is 9.03. The van der Waals surface area contributed by atoms with Crippen LogP contribution in [0.5, 0.6) is 0 Å². The van der Waals surface area contributed by atoms with Gasteiger partial charge in [0.2, 0.25) is 21.7 Å². The van der Waals surface area contributed by atoms with E-state index in [9.17, 15) is 8.42 Å². The maximum atomic E-state index is 13.3. The van der Waals surface area contributed by atoms with E-state index in [0.717, 1.165) is 30.4 Å². The number of piperidine rings is 1. The van der Waals surface area contributed by atoms with Gasteiger partial charge in [0.1, 0.15) is 0 Å². The Labute approximate surface area is 197 Å². The molecular weight excluding hydrogens is 434 g/mol. The highest BCUT2D eigenvalue weighted by Crippen LogP contribution is 2.32. The predicted octanol–water partition coefficient (Wildman–Crippen LogP) is 5.61. The van der Waals surface area contributed by atoms with Crippen molar-refractivity contribution in [1.82, 2.24) is 14.4 Å². The van der Waals surface area contributed by atoms with E-state index in [1.807, 2.05) is 30.3 Å². The van der Waals surface area contributed by atoms with E-state index >= 15 is 0 Å². The quantitative estimate of drug-likeness (QED) is 0.471. The van der Waals surface area contributed by atoms with Gasteiger partial charge in [0, 0.05) is 18.7 Å². The van der Waals surface area contributed by atoms with Gasteiger partial charge in [-0.2, -0.15) is 9.29 Å². The second-order valence-electron chi connectivity index (χ2n) is 9.72. The van der Waals surface area contributed by atoms with E-state index in [2.05, 4.69) is 44.8 Å². The molecule has 0 radical (unpaired) electrons. The van der Waals surface area contributed by atoms with Gasteiger partial charge in [-0.15, -0.1) is 0 Å². The number of rotatable bonds is 6. The van der Waals surface area contributed by atoms with E-state index < -0.39 is 10.0 Å². The molecule has 1 aromatic heterocycles. The summed E-state index contributed by atoms with van der Waals surface area (Å²) in [6.45, 7) is 11.4. The third-order valence-electron chi connectivity index (χ3n) is 7.10. The van der Waals surface area contributed by atoms with Gasteiger partial charge in [0.05, 0.1) is 10.8 Å². The van der Waals surface area contributed by atoms with E-state index in [1.54, 1.807) is 16.4 Å². The van der Waals surface area contributed by atoms with Gasteiger partial charge in [-0.05, 0) is 73.4 Å². The molecule has 1 saturated heterocycles. The van der Waals surface area contributed by atoms with Gasteiger partial charge in [-0.3, -0.25) is 0 Å². The van der Waals surface area contributed by atoms with E-state index in [1.165, 1.54) is 11.1 Å². The zero-order valence-electron chi connectivity index (χ0n) is 20.1. The van der Waals surface area contributed by atoms with Gasteiger partial charge < -0.3 is 4.52 Å². The average molecular weight is 468 g/mol. The molecule has 0 bridgehead atoms. The first-order chi connectivity index (χ1) is 15.6. The van der Waals surface area contributed by atoms with Gasteiger partial charge >= 0.3 is 0 Å². The van der Waals surface area contributed by atoms with Crippen LogP contribution in [0.25, 0.3) is 11.4 Å². The first kappa shape index (κ1) is 23.6. The molecule has 33 heavy (non-hydrogen) atoms. The van der Waals surface area contributed by atoms with Crippen LogP contribution in [0.15, 0.2) is 51.9 Å². The summed E-state index contributed by atoms with van der Waals surface area (Å²) < 4.78 is 33.8. The lowest BCUT2D eigenvalue weighted by Crippen LogP contribution is -2.39. The summed E-state index contributed by atoms with van der Waals surface area (Å²) in [7, 11) is -3.58. The predicted molar refractivity (Wildman–Crippen MR) is 130 cm³/mol. The molecule has 3 aromatic rings. The lowest BCUT2D eigenvalue weighted by molar-refractivity contribution is 0.265. The highest BCUT2D eigenvalue weighted by atomic mass is 32.2. The Hall–Kier alpha value is -2.51. The average Bonchev–Trinajstić information content (AvgIpc) is 3.31. The van der Waals surface area contributed by atoms with E-state index in [-0.39, 0.29) is 11.3 Å². The normalized spacial score (nSPS) is 17.9. The van der Waals surface area contributed by atoms with Crippen molar-refractivity contribution in [2.24, 2.45) is 0 Å². The van der Waals surface area contributed by atoms with E-state index in [0.29, 0.717) is 29.7 Å². The Bertz CT molecular complexity index is 1230. The minimum atomic E-state index is -3.58. The maximum Gasteiger partial charge on any atom is 0.243 e. The Morgan fingerprint density at radius 2 is 1.82 bits per heavy atom. The van der Waals surface area contributed by atoms with Crippen LogP contribution in [0.4, 0.5) is 0 Å². The van der Waals surface area contributed by atoms with Crippen molar-refractivity contribution in [2.45, 2.75) is 70.1 Å². The van der Waals surface area contributed by atoms with Crippen LogP contribution < -0.4 is 0 Å². The molecule has 2 aromatic carbocycles. The summed E-state index contributed by atoms with van der Waals surface area (Å²) in [4.78, 5) is 4.95. The van der Waals surface area contributed by atoms with Crippen molar-refractivity contribution in [3.63, 3.8) is 0 Å². The SMILES string of the molecule is CCC(C)(C)c1ccc(S(=O)(=O)N2CCCC(c3nc(-c4ccc(C)c(C)c4)no3)C2)cc1. The van der Waals surface area contributed by atoms with Crippen molar-refractivity contribution in [3.05, 3.63) is 65.0 Å². The highest BCUT2D eigenvalue weighted by molar-refractivity contribution is 7.89. The van der Waals surface area contributed by atoms with Crippen molar-refractivity contribution in [2.75, 3.05) is 13.1 Å². The van der Waals surface area contributed by atoms with Gasteiger partial charge in [-0.25, -0.2) is 8.42 Å². The van der Waals surface area contributed by atoms with Crippen LogP contribution in [0, 0.1) is 13.8 Å². The van der Waals surface area contributed by atoms with Crippen molar-refractivity contribution >= 4 is 10.0 Å². The molecule has 0 amide bonds. The summed E-state index contributed by atoms with van der Waals surface area (Å²) in [5.41, 5.74) is 4.45. The summed E-state index contributed by atoms with van der Waals surface area (Å²) in [6, 6.07) is 13.4. The Kier molecular flexibility index (Phi) is 6.47. The van der Waals surface area contributed by atoms with Gasteiger partial charge in [0.15, 0.2) is 0 Å². The molecule has 7 heteroatoms. The van der Waals surface area contributed by atoms with Gasteiger partial charge in [-0.1, -0.05) is 50.2 Å². The lowest BCUT2D eigenvalue weighted by atomic mass is 9.82. The molecule has 1 aliphatic heterocycles. The fraction of sp³-hybridized carbons (Fsp3) is 0.462. The largest absolute Gasteiger partial charge is 0.339 e. The summed E-state index contributed by atoms with van der Waals surface area (Å²) >= 11 is 0. The Morgan fingerprint density at radius 3 is 2.48 bits per heavy atom. The molecule has 1 atom stereocenters. The first-order valence-corrected chi connectivity index (χ1v) is 13.1. The lowest BCUT2D eigenvalue weighted by Gasteiger charge is -2.30. The molecule has 1 unspecified atom stereocenters. The number of aryl methyl sites for hydroxylation is 2. The smallest absolute Gasteiger partial charge is 0.243 e. The number of sulfonamides is 1. The molecule has 2 heterocycles. The number of hydrogen-bond donors (Lipinski definition) is 0. The Balaban J connectivity index is 1.52. The minimum absolute atomic E-state index is 0.0180. The molecule has 4 rings (SSSR count). The highest BCUT2D eigenvalue weighted by Gasteiger charge is 2.33. The van der Waals surface area contributed by atoms with Gasteiger partial charge in [0.25, 0.3) is 0 Å². The van der Waals surface area contributed by atoms with Crippen molar-refractivity contribution in [3.8, 4) is 11.4 Å². The van der Waals surface area contributed by atoms with Crippen LogP contribution in [0.2, 0.25) is 0 Å². The molecule has 0 aliphatic carbocycles. The second-order valence-corrected chi connectivity index (χ2v) is 11.7. The zero-order chi connectivity index (χ0) is 23.8. The topological polar surface area (TPSA) is 76.3 Å². The summed E-state index contributed by atoms with van der Waals surface area (Å²) in [6.07, 6.45) is 2.57. The van der Waals surface area contributed by atoms with Crippen molar-refractivity contribution < 1.29 is 12.9 Å². The monoisotopic (exact) mass is 467 g/mol. The third-order valence-corrected chi connectivity index (χ3v) is 8.98. The molecular formula is C26H33N3O3S. The fourth-order valence-corrected chi connectivity index (χ4v) is 5.72. The first-order valence-electron chi connectivity index (χ1n) is 11.6. The molecule has 0 saturated carbocycles. The van der Waals surface area contributed by atoms with Crippen LogP contribution in [-0.2, 0) is 15.4 Å². The molecule has 176 valence electrons. The van der Waals surface area contributed by atoms with E-state index in [4.69, 9.17) is 4.52 Å². The third kappa shape index (κ3) is 4.75. The summed E-state index contributed by atoms with van der Waals surface area (Å²) in [5.74, 6) is 0.935. The van der Waals surface area contributed by atoms with Crippen LogP contribution in [0.1, 0.15) is 68.5 Å². The molecule has 1 aliphatic rings. The van der Waals surface area contributed by atoms with Crippen LogP contribution >= 0.6 is 0 Å². The standard InChI is InChI=1S/C26H33N3O3S/c1-6-26(4,5)22-11-13-23(14-12-22)33(30,31)29-15-7-8-21(17-29)25-27-24(28-32-25)20-10-9-18(2)19(3)16-20/h9-14,16,21H,6-8,15,17H2,1-5H3. The number of aromatic nitrogens is 2. The molecule has 0 spiro atoms. The number of benzene rings is 2. The number of hydrogen-bond acceptors (Lipinski definition) is 5. The zero-order valence-corrected chi connectivity index (χ0v) is 20.9. The number of nitrogens with zero attached hydrogens (tertiary/aromatic N) is 3. The molecule has 1 fully saturated rings. The summed E-state index contributed by atoms with van der Waals surface area (Å²) in [5, 5.41) is 4.16. The Morgan fingerprint density at radius 1 is 1.09 bits per heavy atom. The minimum Gasteiger partial charge on any atom is -0.339 e. The maximum absolute atomic E-state index is 13.3. The molecule has 0 N–H and O–H groups in total. The fourth-order valence-electron chi connectivity index (χ4n) is 4.19. The van der Waals surface area contributed by atoms with Crippen LogP contribution in [-0.4, -0.2) is 36.0 Å². The van der Waals surface area contributed by atoms with Crippen molar-refractivity contribution in [1.29, 1.82) is 0 Å².